The lowest BCUT2D eigenvalue weighted by molar-refractivity contribution is 0.0757. The van der Waals surface area contributed by atoms with E-state index in [1.54, 1.807) is 0 Å². The van der Waals surface area contributed by atoms with Crippen molar-refractivity contribution in [3.63, 3.8) is 0 Å². The van der Waals surface area contributed by atoms with Gasteiger partial charge >= 0.3 is 0 Å². The maximum absolute atomic E-state index is 12.9. The highest BCUT2D eigenvalue weighted by Gasteiger charge is 2.32. The standard InChI is InChI=1S/C18H24N2O/c21-18(17-6-2-4-13-3-1-5-16(13)17)20-9-7-14-11-19-12-15(14)8-10-20/h2,4,6,14-15,19H,1,3,5,7-12H2/t14-,15+. The maximum Gasteiger partial charge on any atom is 0.254 e. The van der Waals surface area contributed by atoms with Gasteiger partial charge in [-0.2, -0.15) is 0 Å². The van der Waals surface area contributed by atoms with Crippen molar-refractivity contribution in [3.05, 3.63) is 34.9 Å². The molecule has 1 aromatic carbocycles. The topological polar surface area (TPSA) is 32.3 Å². The summed E-state index contributed by atoms with van der Waals surface area (Å²) in [7, 11) is 0. The van der Waals surface area contributed by atoms with Crippen molar-refractivity contribution >= 4 is 5.91 Å². The average Bonchev–Trinajstić information content (AvgIpc) is 3.11. The first-order valence-electron chi connectivity index (χ1n) is 8.43. The zero-order chi connectivity index (χ0) is 14.2. The molecule has 0 spiro atoms. The highest BCUT2D eigenvalue weighted by Crippen LogP contribution is 2.30. The molecule has 1 N–H and O–H groups in total. The Bertz CT molecular complexity index is 540. The van der Waals surface area contributed by atoms with E-state index in [1.165, 1.54) is 30.4 Å². The number of rotatable bonds is 1. The number of hydrogen-bond acceptors (Lipinski definition) is 2. The maximum atomic E-state index is 12.9. The van der Waals surface area contributed by atoms with Crippen LogP contribution in [0.15, 0.2) is 18.2 Å². The smallest absolute Gasteiger partial charge is 0.254 e. The Morgan fingerprint density at radius 2 is 1.86 bits per heavy atom. The summed E-state index contributed by atoms with van der Waals surface area (Å²) in [4.78, 5) is 15.1. The van der Waals surface area contributed by atoms with Gasteiger partial charge in [0.2, 0.25) is 0 Å². The molecule has 0 saturated carbocycles. The molecular formula is C18H24N2O. The normalized spacial score (nSPS) is 28.1. The molecule has 3 heteroatoms. The minimum atomic E-state index is 0.279. The van der Waals surface area contributed by atoms with Gasteiger partial charge in [-0.3, -0.25) is 4.79 Å². The lowest BCUT2D eigenvalue weighted by atomic mass is 9.92. The fourth-order valence-corrected chi connectivity index (χ4v) is 4.41. The first-order valence-corrected chi connectivity index (χ1v) is 8.43. The summed E-state index contributed by atoms with van der Waals surface area (Å²) in [5, 5.41) is 3.50. The van der Waals surface area contributed by atoms with Crippen LogP contribution in [0, 0.1) is 11.8 Å². The summed E-state index contributed by atoms with van der Waals surface area (Å²) >= 11 is 0. The lowest BCUT2D eigenvalue weighted by Gasteiger charge is -2.22. The van der Waals surface area contributed by atoms with Gasteiger partial charge in [0.25, 0.3) is 5.91 Å². The second-order valence-electron chi connectivity index (χ2n) is 6.84. The predicted octanol–water partition coefficient (Wildman–Crippen LogP) is 2.25. The minimum Gasteiger partial charge on any atom is -0.339 e. The number of aryl methyl sites for hydroxylation is 1. The van der Waals surface area contributed by atoms with Crippen molar-refractivity contribution in [1.82, 2.24) is 10.2 Å². The van der Waals surface area contributed by atoms with Crippen LogP contribution in [-0.2, 0) is 12.8 Å². The number of nitrogens with zero attached hydrogens (tertiary/aromatic N) is 1. The van der Waals surface area contributed by atoms with E-state index in [1.807, 2.05) is 6.07 Å². The molecule has 2 saturated heterocycles. The fourth-order valence-electron chi connectivity index (χ4n) is 4.41. The van der Waals surface area contributed by atoms with Crippen molar-refractivity contribution in [3.8, 4) is 0 Å². The Labute approximate surface area is 126 Å². The van der Waals surface area contributed by atoms with Crippen LogP contribution in [0.1, 0.15) is 40.7 Å². The van der Waals surface area contributed by atoms with Gasteiger partial charge in [0.05, 0.1) is 0 Å². The van der Waals surface area contributed by atoms with E-state index in [2.05, 4.69) is 22.3 Å². The molecule has 3 nitrogen and oxygen atoms in total. The molecule has 0 aromatic heterocycles. The first-order chi connectivity index (χ1) is 10.3. The molecule has 1 amide bonds. The summed E-state index contributed by atoms with van der Waals surface area (Å²) < 4.78 is 0. The second-order valence-corrected chi connectivity index (χ2v) is 6.84. The van der Waals surface area contributed by atoms with E-state index in [9.17, 15) is 4.79 Å². The molecule has 3 aliphatic rings. The highest BCUT2D eigenvalue weighted by atomic mass is 16.2. The van der Waals surface area contributed by atoms with Crippen LogP contribution < -0.4 is 5.32 Å². The van der Waals surface area contributed by atoms with Crippen LogP contribution in [0.4, 0.5) is 0 Å². The molecule has 2 fully saturated rings. The Kier molecular flexibility index (Phi) is 3.46. The molecule has 21 heavy (non-hydrogen) atoms. The number of benzene rings is 1. The van der Waals surface area contributed by atoms with E-state index < -0.39 is 0 Å². The van der Waals surface area contributed by atoms with Gasteiger partial charge in [-0.05, 0) is 74.2 Å². The third-order valence-electron chi connectivity index (χ3n) is 5.68. The molecule has 2 aliphatic heterocycles. The zero-order valence-corrected chi connectivity index (χ0v) is 12.6. The summed E-state index contributed by atoms with van der Waals surface area (Å²) in [5.41, 5.74) is 3.71. The van der Waals surface area contributed by atoms with Gasteiger partial charge in [0, 0.05) is 18.7 Å². The van der Waals surface area contributed by atoms with Gasteiger partial charge in [-0.15, -0.1) is 0 Å². The molecule has 1 aliphatic carbocycles. The van der Waals surface area contributed by atoms with Crippen LogP contribution in [-0.4, -0.2) is 37.0 Å². The van der Waals surface area contributed by atoms with Crippen molar-refractivity contribution in [2.75, 3.05) is 26.2 Å². The molecule has 112 valence electrons. The van der Waals surface area contributed by atoms with E-state index in [4.69, 9.17) is 0 Å². The van der Waals surface area contributed by atoms with Crippen LogP contribution in [0.3, 0.4) is 0 Å². The highest BCUT2D eigenvalue weighted by molar-refractivity contribution is 5.96. The summed E-state index contributed by atoms with van der Waals surface area (Å²) in [6, 6.07) is 6.30. The number of nitrogens with one attached hydrogen (secondary N) is 1. The average molecular weight is 284 g/mol. The summed E-state index contributed by atoms with van der Waals surface area (Å²) in [6.45, 7) is 4.16. The first kappa shape index (κ1) is 13.3. The number of carbonyl (C=O) groups is 1. The van der Waals surface area contributed by atoms with Gasteiger partial charge in [0.15, 0.2) is 0 Å². The quantitative estimate of drug-likeness (QED) is 0.858. The molecular weight excluding hydrogens is 260 g/mol. The van der Waals surface area contributed by atoms with Gasteiger partial charge in [-0.25, -0.2) is 0 Å². The van der Waals surface area contributed by atoms with Crippen molar-refractivity contribution in [2.24, 2.45) is 11.8 Å². The number of hydrogen-bond donors (Lipinski definition) is 1. The summed E-state index contributed by atoms with van der Waals surface area (Å²) in [5.74, 6) is 1.84. The molecule has 4 rings (SSSR count). The number of likely N-dealkylation sites (tertiary alicyclic amines) is 1. The Hall–Kier alpha value is -1.35. The van der Waals surface area contributed by atoms with Crippen LogP contribution in [0.2, 0.25) is 0 Å². The van der Waals surface area contributed by atoms with Crippen molar-refractivity contribution in [1.29, 1.82) is 0 Å². The minimum absolute atomic E-state index is 0.279. The summed E-state index contributed by atoms with van der Waals surface area (Å²) in [6.07, 6.45) is 5.76. The van der Waals surface area contributed by atoms with E-state index in [0.29, 0.717) is 0 Å². The number of fused-ring (bicyclic) bond motifs is 2. The van der Waals surface area contributed by atoms with Crippen LogP contribution >= 0.6 is 0 Å². The van der Waals surface area contributed by atoms with Crippen LogP contribution in [0.25, 0.3) is 0 Å². The lowest BCUT2D eigenvalue weighted by Crippen LogP contribution is -2.33. The Morgan fingerprint density at radius 3 is 2.62 bits per heavy atom. The SMILES string of the molecule is O=C(c1cccc2c1CCC2)N1CC[C@@H]2CNC[C@@H]2CC1. The molecule has 1 aromatic rings. The number of carbonyl (C=O) groups excluding carboxylic acids is 1. The van der Waals surface area contributed by atoms with E-state index in [0.717, 1.165) is 56.4 Å². The fraction of sp³-hybridized carbons (Fsp3) is 0.611. The second kappa shape index (κ2) is 5.45. The molecule has 2 heterocycles. The Morgan fingerprint density at radius 1 is 1.10 bits per heavy atom. The van der Waals surface area contributed by atoms with Crippen molar-refractivity contribution in [2.45, 2.75) is 32.1 Å². The van der Waals surface area contributed by atoms with E-state index >= 15 is 0 Å². The van der Waals surface area contributed by atoms with Crippen molar-refractivity contribution < 1.29 is 4.79 Å². The van der Waals surface area contributed by atoms with Gasteiger partial charge in [-0.1, -0.05) is 12.1 Å². The third kappa shape index (κ3) is 2.38. The zero-order valence-electron chi connectivity index (χ0n) is 12.6. The predicted molar refractivity (Wildman–Crippen MR) is 83.5 cm³/mol. The van der Waals surface area contributed by atoms with Gasteiger partial charge < -0.3 is 10.2 Å². The molecule has 0 bridgehead atoms. The molecule has 0 radical (unpaired) electrons. The molecule has 0 unspecified atom stereocenters. The van der Waals surface area contributed by atoms with Crippen LogP contribution in [0.5, 0.6) is 0 Å². The number of amides is 1. The van der Waals surface area contributed by atoms with E-state index in [-0.39, 0.29) is 5.91 Å². The molecule has 2 atom stereocenters. The van der Waals surface area contributed by atoms with Gasteiger partial charge in [0.1, 0.15) is 0 Å². The monoisotopic (exact) mass is 284 g/mol. The largest absolute Gasteiger partial charge is 0.339 e. The third-order valence-corrected chi connectivity index (χ3v) is 5.68. The Balaban J connectivity index is 1.54.